The summed E-state index contributed by atoms with van der Waals surface area (Å²) in [5.74, 6) is -1.85. The summed E-state index contributed by atoms with van der Waals surface area (Å²) in [5.41, 5.74) is 1.28. The third-order valence-electron chi connectivity index (χ3n) is 5.21. The maximum Gasteiger partial charge on any atom is 0.269 e. The Morgan fingerprint density at radius 2 is 1.77 bits per heavy atom. The van der Waals surface area contributed by atoms with Crippen LogP contribution in [0.15, 0.2) is 78.1 Å². The molecule has 0 unspecified atom stereocenters. The highest BCUT2D eigenvalue weighted by atomic mass is 32.2. The molecule has 0 saturated carbocycles. The van der Waals surface area contributed by atoms with Gasteiger partial charge in [0.05, 0.1) is 12.3 Å². The summed E-state index contributed by atoms with van der Waals surface area (Å²) in [7, 11) is -2.31. The van der Waals surface area contributed by atoms with Crippen molar-refractivity contribution in [3.63, 3.8) is 0 Å². The molecule has 0 fully saturated rings. The zero-order chi connectivity index (χ0) is 25.0. The van der Waals surface area contributed by atoms with E-state index >= 15 is 4.39 Å². The molecular formula is C25H22F3N3O3S. The Morgan fingerprint density at radius 1 is 1.00 bits per heavy atom. The van der Waals surface area contributed by atoms with E-state index < -0.39 is 27.5 Å². The van der Waals surface area contributed by atoms with Crippen LogP contribution in [0.4, 0.5) is 13.2 Å². The van der Waals surface area contributed by atoms with Crippen LogP contribution in [0.25, 0.3) is 11.3 Å². The van der Waals surface area contributed by atoms with Crippen LogP contribution in [-0.4, -0.2) is 31.0 Å². The van der Waals surface area contributed by atoms with Crippen molar-refractivity contribution in [2.45, 2.75) is 17.9 Å². The number of hydrogen-bond acceptors (Lipinski definition) is 5. The van der Waals surface area contributed by atoms with E-state index in [4.69, 9.17) is 4.74 Å². The minimum atomic E-state index is -4.03. The molecule has 0 aliphatic heterocycles. The van der Waals surface area contributed by atoms with Crippen LogP contribution in [0, 0.1) is 17.5 Å². The van der Waals surface area contributed by atoms with E-state index in [1.54, 1.807) is 13.1 Å². The second-order valence-electron chi connectivity index (χ2n) is 7.77. The summed E-state index contributed by atoms with van der Waals surface area (Å²) >= 11 is 0. The van der Waals surface area contributed by atoms with Gasteiger partial charge < -0.3 is 10.1 Å². The van der Waals surface area contributed by atoms with Crippen LogP contribution in [-0.2, 0) is 23.0 Å². The van der Waals surface area contributed by atoms with Crippen LogP contribution < -0.4 is 10.1 Å². The van der Waals surface area contributed by atoms with Gasteiger partial charge in [0, 0.05) is 49.3 Å². The molecule has 2 aromatic heterocycles. The quantitative estimate of drug-likeness (QED) is 0.365. The Labute approximate surface area is 201 Å². The van der Waals surface area contributed by atoms with Crippen LogP contribution in [0.3, 0.4) is 0 Å². The van der Waals surface area contributed by atoms with Crippen LogP contribution in [0.1, 0.15) is 11.1 Å². The molecule has 2 aromatic carbocycles. The smallest absolute Gasteiger partial charge is 0.269 e. The maximum absolute atomic E-state index is 15.1. The number of halogens is 3. The van der Waals surface area contributed by atoms with Crippen LogP contribution >= 0.6 is 0 Å². The molecule has 0 radical (unpaired) electrons. The van der Waals surface area contributed by atoms with Gasteiger partial charge in [0.2, 0.25) is 0 Å². The fourth-order valence-corrected chi connectivity index (χ4v) is 5.00. The molecule has 1 N–H and O–H groups in total. The lowest BCUT2D eigenvalue weighted by molar-refractivity contribution is 0.320. The summed E-state index contributed by atoms with van der Waals surface area (Å²) < 4.78 is 74.9. The van der Waals surface area contributed by atoms with E-state index in [0.29, 0.717) is 17.7 Å². The lowest BCUT2D eigenvalue weighted by Crippen LogP contribution is -2.14. The molecule has 4 aromatic rings. The van der Waals surface area contributed by atoms with Gasteiger partial charge in [-0.2, -0.15) is 0 Å². The fraction of sp³-hybridized carbons (Fsp3) is 0.160. The SMILES string of the molecule is CNCc1cc(-c2ccc(OCCc3cc(F)cc(F)c3)cc2F)n(S(=O)(=O)c2cccnc2)c1. The number of aromatic nitrogens is 2. The van der Waals surface area contributed by atoms with Crippen molar-refractivity contribution in [1.29, 1.82) is 0 Å². The molecule has 0 spiro atoms. The minimum absolute atomic E-state index is 0.0259. The van der Waals surface area contributed by atoms with Crippen molar-refractivity contribution in [2.75, 3.05) is 13.7 Å². The number of benzene rings is 2. The molecule has 0 saturated heterocycles. The molecule has 0 atom stereocenters. The van der Waals surface area contributed by atoms with E-state index in [9.17, 15) is 17.2 Å². The van der Waals surface area contributed by atoms with Crippen molar-refractivity contribution in [3.05, 3.63) is 102 Å². The normalized spacial score (nSPS) is 11.5. The highest BCUT2D eigenvalue weighted by Crippen LogP contribution is 2.31. The molecule has 0 aliphatic carbocycles. The van der Waals surface area contributed by atoms with Crippen molar-refractivity contribution in [2.24, 2.45) is 0 Å². The molecule has 0 aliphatic rings. The van der Waals surface area contributed by atoms with E-state index in [0.717, 1.165) is 16.1 Å². The first-order valence-electron chi connectivity index (χ1n) is 10.7. The molecule has 4 rings (SSSR count). The first-order chi connectivity index (χ1) is 16.8. The Kier molecular flexibility index (Phi) is 7.23. The third kappa shape index (κ3) is 5.55. The van der Waals surface area contributed by atoms with Gasteiger partial charge in [-0.1, -0.05) is 0 Å². The van der Waals surface area contributed by atoms with Crippen LogP contribution in [0.2, 0.25) is 0 Å². The Bertz CT molecular complexity index is 1420. The van der Waals surface area contributed by atoms with Gasteiger partial charge in [0.1, 0.15) is 28.1 Å². The lowest BCUT2D eigenvalue weighted by atomic mass is 10.1. The number of hydrogen-bond donors (Lipinski definition) is 1. The van der Waals surface area contributed by atoms with Crippen LogP contribution in [0.5, 0.6) is 5.75 Å². The summed E-state index contributed by atoms with van der Waals surface area (Å²) in [6.45, 7) is 0.450. The average Bonchev–Trinajstić information content (AvgIpc) is 3.24. The number of pyridine rings is 1. The van der Waals surface area contributed by atoms with Gasteiger partial charge in [0.15, 0.2) is 0 Å². The predicted molar refractivity (Wildman–Crippen MR) is 125 cm³/mol. The maximum atomic E-state index is 15.1. The Balaban J connectivity index is 1.60. The molecule has 10 heteroatoms. The van der Waals surface area contributed by atoms with Crippen molar-refractivity contribution >= 4 is 10.0 Å². The monoisotopic (exact) mass is 501 g/mol. The summed E-state index contributed by atoms with van der Waals surface area (Å²) in [5, 5.41) is 2.95. The van der Waals surface area contributed by atoms with Gasteiger partial charge in [0.25, 0.3) is 10.0 Å². The van der Waals surface area contributed by atoms with Gasteiger partial charge in [-0.15, -0.1) is 0 Å². The molecule has 0 bridgehead atoms. The molecule has 2 heterocycles. The van der Waals surface area contributed by atoms with Crippen molar-refractivity contribution in [3.8, 4) is 17.0 Å². The Hall–Kier alpha value is -3.63. The third-order valence-corrected chi connectivity index (χ3v) is 6.87. The molecule has 182 valence electrons. The highest BCUT2D eigenvalue weighted by Gasteiger charge is 2.23. The number of nitrogens with one attached hydrogen (secondary N) is 1. The van der Waals surface area contributed by atoms with Gasteiger partial charge >= 0.3 is 0 Å². The average molecular weight is 502 g/mol. The second kappa shape index (κ2) is 10.3. The predicted octanol–water partition coefficient (Wildman–Crippen LogP) is 4.55. The molecule has 6 nitrogen and oxygen atoms in total. The van der Waals surface area contributed by atoms with Crippen molar-refractivity contribution < 1.29 is 26.3 Å². The molecular weight excluding hydrogens is 479 g/mol. The standard InChI is InChI=1S/C25H22F3N3O3S/c1-29-14-18-11-25(31(16-18)35(32,33)22-3-2-7-30-15-22)23-5-4-21(13-24(23)28)34-8-6-17-9-19(26)12-20(27)10-17/h2-5,7,9-13,15-16,29H,6,8,14H2,1H3. The molecule has 35 heavy (non-hydrogen) atoms. The van der Waals surface area contributed by atoms with Crippen molar-refractivity contribution in [1.82, 2.24) is 14.3 Å². The number of rotatable bonds is 9. The molecule has 0 amide bonds. The summed E-state index contributed by atoms with van der Waals surface area (Å²) in [4.78, 5) is 3.85. The largest absolute Gasteiger partial charge is 0.493 e. The zero-order valence-electron chi connectivity index (χ0n) is 18.7. The first-order valence-corrected chi connectivity index (χ1v) is 12.1. The number of ether oxygens (including phenoxy) is 1. The summed E-state index contributed by atoms with van der Waals surface area (Å²) in [6.07, 6.45) is 4.35. The van der Waals surface area contributed by atoms with E-state index in [1.165, 1.54) is 55.0 Å². The second-order valence-corrected chi connectivity index (χ2v) is 9.59. The Morgan fingerprint density at radius 3 is 2.43 bits per heavy atom. The fourth-order valence-electron chi connectivity index (χ4n) is 3.64. The zero-order valence-corrected chi connectivity index (χ0v) is 19.5. The summed E-state index contributed by atoms with van der Waals surface area (Å²) in [6, 6.07) is 11.8. The highest BCUT2D eigenvalue weighted by molar-refractivity contribution is 7.90. The van der Waals surface area contributed by atoms with Gasteiger partial charge in [-0.25, -0.2) is 25.6 Å². The van der Waals surface area contributed by atoms with Gasteiger partial charge in [-0.05, 0) is 60.6 Å². The number of nitrogens with zero attached hydrogens (tertiary/aromatic N) is 2. The lowest BCUT2D eigenvalue weighted by Gasteiger charge is -2.12. The first kappa shape index (κ1) is 24.5. The van der Waals surface area contributed by atoms with Gasteiger partial charge in [-0.3, -0.25) is 4.98 Å². The van der Waals surface area contributed by atoms with E-state index in [1.807, 2.05) is 0 Å². The topological polar surface area (TPSA) is 73.2 Å². The van der Waals surface area contributed by atoms with E-state index in [-0.39, 0.29) is 34.9 Å². The van der Waals surface area contributed by atoms with E-state index in [2.05, 4.69) is 10.3 Å². The minimum Gasteiger partial charge on any atom is -0.493 e.